The highest BCUT2D eigenvalue weighted by Crippen LogP contribution is 2.19. The summed E-state index contributed by atoms with van der Waals surface area (Å²) in [6, 6.07) is 7.98. The van der Waals surface area contributed by atoms with Crippen molar-refractivity contribution in [3.63, 3.8) is 0 Å². The molecular weight excluding hydrogens is 272 g/mol. The topological polar surface area (TPSA) is 48.3 Å². The van der Waals surface area contributed by atoms with Gasteiger partial charge in [-0.05, 0) is 24.6 Å². The van der Waals surface area contributed by atoms with Gasteiger partial charge in [-0.3, -0.25) is 9.79 Å². The first kappa shape index (κ1) is 14.6. The summed E-state index contributed by atoms with van der Waals surface area (Å²) in [5.74, 6) is 0.388. The maximum Gasteiger partial charge on any atom is 0.259 e. The number of nitrogens with zero attached hydrogens (tertiary/aromatic N) is 4. The number of hydrogen-bond donors (Lipinski definition) is 0. The van der Waals surface area contributed by atoms with Crippen LogP contribution in [0.1, 0.15) is 12.5 Å². The zero-order chi connectivity index (χ0) is 14.5. The molecule has 1 aromatic rings. The molecule has 1 fully saturated rings. The molecule has 0 saturated carbocycles. The van der Waals surface area contributed by atoms with Crippen molar-refractivity contribution in [3.8, 4) is 0 Å². The molecule has 1 aliphatic rings. The van der Waals surface area contributed by atoms with Crippen molar-refractivity contribution in [1.82, 2.24) is 5.01 Å². The molecule has 0 bridgehead atoms. The highest BCUT2D eigenvalue weighted by Gasteiger charge is 2.27. The average molecular weight is 290 g/mol. The van der Waals surface area contributed by atoms with Gasteiger partial charge in [0.05, 0.1) is 12.0 Å². The molecule has 20 heavy (non-hydrogen) atoms. The minimum absolute atomic E-state index is 0.0247. The van der Waals surface area contributed by atoms with Crippen LogP contribution in [-0.2, 0) is 4.79 Å². The van der Waals surface area contributed by atoms with E-state index in [1.165, 1.54) is 16.8 Å². The number of rotatable bonds is 4. The Balaban J connectivity index is 2.11. The van der Waals surface area contributed by atoms with Crippen molar-refractivity contribution in [2.24, 2.45) is 10.1 Å². The molecule has 0 N–H and O–H groups in total. The number of anilines is 1. The van der Waals surface area contributed by atoms with Gasteiger partial charge in [-0.25, -0.2) is 0 Å². The molecule has 0 atom stereocenters. The molecule has 1 heterocycles. The van der Waals surface area contributed by atoms with Crippen LogP contribution in [-0.4, -0.2) is 48.7 Å². The van der Waals surface area contributed by atoms with Crippen LogP contribution in [0.5, 0.6) is 0 Å². The smallest absolute Gasteiger partial charge is 0.259 e. The van der Waals surface area contributed by atoms with Gasteiger partial charge in [0.1, 0.15) is 0 Å². The second-order valence-electron chi connectivity index (χ2n) is 4.48. The number of thioether (sulfide) groups is 1. The van der Waals surface area contributed by atoms with Gasteiger partial charge in [0, 0.05) is 26.3 Å². The van der Waals surface area contributed by atoms with Gasteiger partial charge in [-0.15, -0.1) is 0 Å². The van der Waals surface area contributed by atoms with Crippen molar-refractivity contribution in [3.05, 3.63) is 29.8 Å². The summed E-state index contributed by atoms with van der Waals surface area (Å²) >= 11 is 1.43. The van der Waals surface area contributed by atoms with E-state index in [-0.39, 0.29) is 5.91 Å². The van der Waals surface area contributed by atoms with Crippen molar-refractivity contribution >= 4 is 34.7 Å². The summed E-state index contributed by atoms with van der Waals surface area (Å²) in [4.78, 5) is 18.0. The van der Waals surface area contributed by atoms with E-state index in [2.05, 4.69) is 10.1 Å². The predicted molar refractivity (Wildman–Crippen MR) is 85.6 cm³/mol. The lowest BCUT2D eigenvalue weighted by Gasteiger charge is -2.12. The third-order valence-electron chi connectivity index (χ3n) is 2.77. The lowest BCUT2D eigenvalue weighted by atomic mass is 10.2. The number of amides is 1. The zero-order valence-corrected chi connectivity index (χ0v) is 12.7. The molecule has 1 amide bonds. The van der Waals surface area contributed by atoms with Gasteiger partial charge in [0.25, 0.3) is 5.91 Å². The lowest BCUT2D eigenvalue weighted by molar-refractivity contribution is -0.124. The summed E-state index contributed by atoms with van der Waals surface area (Å²) in [6.07, 6.45) is 1.69. The largest absolute Gasteiger partial charge is 0.378 e. The van der Waals surface area contributed by atoms with Crippen LogP contribution in [0.15, 0.2) is 34.4 Å². The SMILES string of the molecule is CCN=C1SCC(=O)N1N=Cc1ccc(N(C)C)cc1. The Morgan fingerprint density at radius 3 is 2.65 bits per heavy atom. The van der Waals surface area contributed by atoms with E-state index >= 15 is 0 Å². The summed E-state index contributed by atoms with van der Waals surface area (Å²) in [7, 11) is 3.99. The van der Waals surface area contributed by atoms with Gasteiger partial charge in [0.2, 0.25) is 0 Å². The van der Waals surface area contributed by atoms with Crippen molar-refractivity contribution in [2.45, 2.75) is 6.92 Å². The molecule has 0 aromatic heterocycles. The number of aliphatic imine (C=N–C) groups is 1. The first-order chi connectivity index (χ1) is 9.61. The van der Waals surface area contributed by atoms with Gasteiger partial charge in [-0.2, -0.15) is 10.1 Å². The van der Waals surface area contributed by atoms with Gasteiger partial charge in [0.15, 0.2) is 5.17 Å². The Hall–Kier alpha value is -1.82. The highest BCUT2D eigenvalue weighted by molar-refractivity contribution is 8.15. The van der Waals surface area contributed by atoms with Crippen molar-refractivity contribution in [1.29, 1.82) is 0 Å². The minimum atomic E-state index is -0.0247. The quantitative estimate of drug-likeness (QED) is 0.797. The molecule has 0 aliphatic carbocycles. The molecule has 0 radical (unpaired) electrons. The molecule has 2 rings (SSSR count). The fourth-order valence-corrected chi connectivity index (χ4v) is 2.57. The van der Waals surface area contributed by atoms with Crippen LogP contribution in [0.4, 0.5) is 5.69 Å². The monoisotopic (exact) mass is 290 g/mol. The molecule has 5 nitrogen and oxygen atoms in total. The fourth-order valence-electron chi connectivity index (χ4n) is 1.70. The van der Waals surface area contributed by atoms with Crippen molar-refractivity contribution < 1.29 is 4.79 Å². The van der Waals surface area contributed by atoms with Crippen LogP contribution in [0.2, 0.25) is 0 Å². The Bertz CT molecular complexity index is 537. The second kappa shape index (κ2) is 6.56. The normalized spacial score (nSPS) is 17.4. The number of carbonyl (C=O) groups is 1. The van der Waals surface area contributed by atoms with E-state index in [0.717, 1.165) is 11.3 Å². The molecule has 1 aromatic carbocycles. The third kappa shape index (κ3) is 3.39. The van der Waals surface area contributed by atoms with E-state index in [4.69, 9.17) is 0 Å². The highest BCUT2D eigenvalue weighted by atomic mass is 32.2. The van der Waals surface area contributed by atoms with E-state index < -0.39 is 0 Å². The molecule has 6 heteroatoms. The Morgan fingerprint density at radius 1 is 1.35 bits per heavy atom. The van der Waals surface area contributed by atoms with Gasteiger partial charge < -0.3 is 4.90 Å². The number of amidine groups is 1. The summed E-state index contributed by atoms with van der Waals surface area (Å²) in [5.41, 5.74) is 2.08. The summed E-state index contributed by atoms with van der Waals surface area (Å²) < 4.78 is 0. The summed E-state index contributed by atoms with van der Waals surface area (Å²) in [5, 5.41) is 6.30. The summed E-state index contributed by atoms with van der Waals surface area (Å²) in [6.45, 7) is 2.59. The van der Waals surface area contributed by atoms with E-state index in [9.17, 15) is 4.79 Å². The first-order valence-electron chi connectivity index (χ1n) is 6.43. The number of carbonyl (C=O) groups excluding carboxylic acids is 1. The van der Waals surface area contributed by atoms with Crippen LogP contribution < -0.4 is 4.90 Å². The minimum Gasteiger partial charge on any atom is -0.378 e. The fraction of sp³-hybridized carbons (Fsp3) is 0.357. The van der Waals surface area contributed by atoms with E-state index in [0.29, 0.717) is 17.5 Å². The van der Waals surface area contributed by atoms with Crippen LogP contribution >= 0.6 is 11.8 Å². The molecule has 106 valence electrons. The van der Waals surface area contributed by atoms with Crippen LogP contribution in [0.3, 0.4) is 0 Å². The zero-order valence-electron chi connectivity index (χ0n) is 11.9. The maximum atomic E-state index is 11.7. The van der Waals surface area contributed by atoms with Gasteiger partial charge in [-0.1, -0.05) is 23.9 Å². The van der Waals surface area contributed by atoms with Crippen LogP contribution in [0, 0.1) is 0 Å². The Kier molecular flexibility index (Phi) is 4.79. The first-order valence-corrected chi connectivity index (χ1v) is 7.42. The second-order valence-corrected chi connectivity index (χ2v) is 5.42. The van der Waals surface area contributed by atoms with Gasteiger partial charge >= 0.3 is 0 Å². The van der Waals surface area contributed by atoms with E-state index in [1.54, 1.807) is 6.21 Å². The van der Waals surface area contributed by atoms with Crippen molar-refractivity contribution in [2.75, 3.05) is 31.3 Å². The maximum absolute atomic E-state index is 11.7. The third-order valence-corrected chi connectivity index (χ3v) is 3.72. The molecule has 0 spiro atoms. The Labute approximate surface area is 123 Å². The standard InChI is InChI=1S/C14H18N4OS/c1-4-15-14-18(13(19)10-20-14)16-9-11-5-7-12(8-6-11)17(2)3/h5-9H,4,10H2,1-3H3. The Morgan fingerprint density at radius 2 is 2.05 bits per heavy atom. The number of hydrogen-bond acceptors (Lipinski definition) is 5. The molecular formula is C14H18N4OS. The van der Waals surface area contributed by atoms with Crippen LogP contribution in [0.25, 0.3) is 0 Å². The molecule has 1 saturated heterocycles. The molecule has 0 unspecified atom stereocenters. The lowest BCUT2D eigenvalue weighted by Crippen LogP contribution is -2.24. The van der Waals surface area contributed by atoms with E-state index in [1.807, 2.05) is 50.2 Å². The average Bonchev–Trinajstić information content (AvgIpc) is 2.78. The number of benzene rings is 1. The molecule has 1 aliphatic heterocycles. The predicted octanol–water partition coefficient (Wildman–Crippen LogP) is 2.04. The number of hydrazone groups is 1.